The summed E-state index contributed by atoms with van der Waals surface area (Å²) in [6.07, 6.45) is -0.721. The highest BCUT2D eigenvalue weighted by Gasteiger charge is 2.42. The van der Waals surface area contributed by atoms with Crippen molar-refractivity contribution in [2.24, 2.45) is 41.4 Å². The van der Waals surface area contributed by atoms with Gasteiger partial charge in [-0.25, -0.2) is 0 Å². The first kappa shape index (κ1) is 87.4. The molecule has 0 spiro atoms. The maximum absolute atomic E-state index is 15.4. The monoisotopic (exact) mass is 1410 g/mol. The fourth-order valence-corrected chi connectivity index (χ4v) is 12.2. The van der Waals surface area contributed by atoms with E-state index >= 15 is 14.4 Å². The van der Waals surface area contributed by atoms with Crippen LogP contribution in [0.4, 0.5) is 0 Å². The van der Waals surface area contributed by atoms with Gasteiger partial charge in [-0.15, -0.1) is 0 Å². The first-order valence-electron chi connectivity index (χ1n) is 35.8. The number of aliphatic hydroxyl groups excluding tert-OH is 1. The van der Waals surface area contributed by atoms with E-state index in [0.717, 1.165) is 0 Å². The summed E-state index contributed by atoms with van der Waals surface area (Å²) in [5, 5.41) is 30.9. The topological polar surface area (TPSA) is 335 Å². The number of nitrogens with one attached hydrogen (secondary N) is 7. The Bertz CT molecular complexity index is 3090. The Hall–Kier alpha value is -7.84. The quantitative estimate of drug-likeness (QED) is 0.119. The van der Waals surface area contributed by atoms with Crippen molar-refractivity contribution < 1.29 is 67.4 Å². The molecule has 0 aromatic heterocycles. The summed E-state index contributed by atoms with van der Waals surface area (Å²) in [5.74, 6) is -11.1. The number of rotatable bonds is 16. The zero-order chi connectivity index (χ0) is 76.7. The average molecular weight is 1420 g/mol. The largest absolute Gasteiger partial charge is 0.391 e. The maximum atomic E-state index is 15.4. The van der Waals surface area contributed by atoms with Crippen molar-refractivity contribution in [1.29, 1.82) is 0 Å². The molecule has 2 aromatic carbocycles. The number of ketones is 1. The highest BCUT2D eigenvalue weighted by Crippen LogP contribution is 2.23. The Labute approximate surface area is 600 Å². The minimum atomic E-state index is -1.67. The summed E-state index contributed by atoms with van der Waals surface area (Å²) in [5.41, 5.74) is 0.480. The number of amides is 11. The lowest BCUT2D eigenvalue weighted by molar-refractivity contribution is -0.148. The van der Waals surface area contributed by atoms with Gasteiger partial charge in [-0.2, -0.15) is 0 Å². The van der Waals surface area contributed by atoms with Crippen LogP contribution in [0.1, 0.15) is 155 Å². The first-order chi connectivity index (χ1) is 47.0. The SMILES string of the molecule is CC[C@H](C)[C@H]1C(=O)CNC[C@@H](C)C(=O)N(C)C(CC(C)C)C(=O)N[C@@H]([C@@H](C)O)C(=O)N[C@@H](Cc2ccccc2)C(=O)N(C)[C@@H](Cc2ccccc2)C(=O)N(C)C[C@@H](CC(C)C)C(=O)N[C@@H](COC(C)(C)C)C(=O)N(C)[C@@H](CC(C)C)C(=O)N[C@@H](C)C(=O)N[C@@H](C)C(=O)N[C@H](C(C)C)C(=O)N1C. The molecule has 0 saturated carbocycles. The van der Waals surface area contributed by atoms with E-state index < -0.39 is 155 Å². The summed E-state index contributed by atoms with van der Waals surface area (Å²) in [4.78, 5) is 182. The summed E-state index contributed by atoms with van der Waals surface area (Å²) in [6.45, 7) is 28.5. The van der Waals surface area contributed by atoms with E-state index in [0.29, 0.717) is 17.5 Å². The van der Waals surface area contributed by atoms with Crippen LogP contribution >= 0.6 is 0 Å². The second kappa shape index (κ2) is 40.7. The number of benzene rings is 2. The summed E-state index contributed by atoms with van der Waals surface area (Å²) >= 11 is 0. The van der Waals surface area contributed by atoms with Gasteiger partial charge in [-0.1, -0.05) is 143 Å². The number of hydrogen-bond acceptors (Lipinski definition) is 15. The molecular formula is C75H122N12O14. The van der Waals surface area contributed by atoms with Gasteiger partial charge in [-0.3, -0.25) is 57.5 Å². The molecular weight excluding hydrogens is 1290 g/mol. The molecule has 0 aliphatic carbocycles. The third kappa shape index (κ3) is 27.1. The maximum Gasteiger partial charge on any atom is 0.247 e. The van der Waals surface area contributed by atoms with Crippen LogP contribution in [0.15, 0.2) is 60.7 Å². The number of carbonyl (C=O) groups excluding carboxylic acids is 12. The van der Waals surface area contributed by atoms with Crippen molar-refractivity contribution in [2.45, 2.75) is 228 Å². The molecule has 26 heteroatoms. The predicted molar refractivity (Wildman–Crippen MR) is 388 cm³/mol. The van der Waals surface area contributed by atoms with E-state index in [1.165, 1.54) is 80.5 Å². The van der Waals surface area contributed by atoms with Gasteiger partial charge in [0.1, 0.15) is 54.4 Å². The second-order valence-corrected chi connectivity index (χ2v) is 30.3. The van der Waals surface area contributed by atoms with Crippen molar-refractivity contribution in [3.05, 3.63) is 71.8 Å². The molecule has 8 N–H and O–H groups in total. The predicted octanol–water partition coefficient (Wildman–Crippen LogP) is 3.65. The highest BCUT2D eigenvalue weighted by atomic mass is 16.5. The summed E-state index contributed by atoms with van der Waals surface area (Å²) in [7, 11) is 7.29. The molecule has 3 rings (SSSR count). The van der Waals surface area contributed by atoms with Gasteiger partial charge in [0.2, 0.25) is 65.0 Å². The number of likely N-dealkylation sites (N-methyl/N-ethyl adjacent to an activating group) is 5. The van der Waals surface area contributed by atoms with Crippen molar-refractivity contribution >= 4 is 70.8 Å². The number of ether oxygens (including phenoxy) is 1. The second-order valence-electron chi connectivity index (χ2n) is 30.3. The molecule has 2 aromatic rings. The Morgan fingerprint density at radius 1 is 0.495 bits per heavy atom. The van der Waals surface area contributed by atoms with Crippen LogP contribution in [0.5, 0.6) is 0 Å². The molecule has 0 bridgehead atoms. The van der Waals surface area contributed by atoms with E-state index in [2.05, 4.69) is 37.2 Å². The van der Waals surface area contributed by atoms with Crippen LogP contribution in [0.2, 0.25) is 0 Å². The van der Waals surface area contributed by atoms with Crippen LogP contribution in [-0.2, 0) is 75.1 Å². The van der Waals surface area contributed by atoms with Crippen LogP contribution in [-0.4, -0.2) is 234 Å². The Balaban J connectivity index is 2.29. The molecule has 1 aliphatic heterocycles. The van der Waals surface area contributed by atoms with E-state index in [1.54, 1.807) is 102 Å². The van der Waals surface area contributed by atoms with Crippen molar-refractivity contribution in [2.75, 3.05) is 61.5 Å². The zero-order valence-corrected chi connectivity index (χ0v) is 64.2. The number of carbonyl (C=O) groups is 12. The van der Waals surface area contributed by atoms with Gasteiger partial charge in [0.05, 0.1) is 36.8 Å². The van der Waals surface area contributed by atoms with E-state index in [1.807, 2.05) is 55.4 Å². The number of Topliss-reactive ketones (excluding diaryl/α,β-unsaturated/α-hetero) is 1. The molecule has 101 heavy (non-hydrogen) atoms. The first-order valence-corrected chi connectivity index (χ1v) is 35.8. The molecule has 1 unspecified atom stereocenters. The standard InChI is InChI=1S/C75H122N12O14/c1-23-47(10)63-60(89)40-76-39-48(11)70(96)84(19)58(36-45(6)7)68(94)82-62(51(14)88)69(95)79-55(37-52-30-26-24-27-31-52)71(97)86(21)59(38-53-32-28-25-29-33-53)73(99)83(18)41-54(34-43(2)3)66(92)80-56(42-101-75(15,16)17)72(98)85(20)57(35-44(4)5)67(93)78-49(12)64(90)77-50(13)65(91)81-61(46(8)9)74(100)87(63)22/h24-33,43-51,54-59,61-63,76,88H,23,34-42H2,1-22H3,(H,77,90)(H,78,93)(H,79,95)(H,80,92)(H,81,91)(H,82,94)/t47-,48+,49-,50-,51+,54+,55-,56-,57-,58?,59-,61+,62-,63-/m0/s1. The van der Waals surface area contributed by atoms with Gasteiger partial charge in [-0.05, 0) is 102 Å². The lowest BCUT2D eigenvalue weighted by atomic mass is 9.92. The normalized spacial score (nSPS) is 26.4. The van der Waals surface area contributed by atoms with Crippen LogP contribution in [0.25, 0.3) is 0 Å². The molecule has 566 valence electrons. The van der Waals surface area contributed by atoms with Gasteiger partial charge in [0, 0.05) is 67.1 Å². The third-order valence-electron chi connectivity index (χ3n) is 18.4. The molecule has 26 nitrogen and oxygen atoms in total. The minimum absolute atomic E-state index is 0.0167. The van der Waals surface area contributed by atoms with Gasteiger partial charge < -0.3 is 71.6 Å². The third-order valence-corrected chi connectivity index (χ3v) is 18.4. The lowest BCUT2D eigenvalue weighted by Crippen LogP contribution is -2.61. The Kier molecular flexibility index (Phi) is 35.2. The zero-order valence-electron chi connectivity index (χ0n) is 64.2. The van der Waals surface area contributed by atoms with Crippen molar-refractivity contribution in [3.8, 4) is 0 Å². The molecule has 0 radical (unpaired) electrons. The van der Waals surface area contributed by atoms with E-state index in [4.69, 9.17) is 4.74 Å². The Morgan fingerprint density at radius 2 is 0.941 bits per heavy atom. The lowest BCUT2D eigenvalue weighted by Gasteiger charge is -2.36. The molecule has 1 heterocycles. The van der Waals surface area contributed by atoms with Gasteiger partial charge in [0.15, 0.2) is 5.78 Å². The van der Waals surface area contributed by atoms with Crippen molar-refractivity contribution in [1.82, 2.24) is 61.7 Å². The Morgan fingerprint density at radius 3 is 1.43 bits per heavy atom. The molecule has 1 saturated heterocycles. The van der Waals surface area contributed by atoms with Gasteiger partial charge in [0.25, 0.3) is 0 Å². The molecule has 1 aliphatic rings. The fraction of sp³-hybridized carbons (Fsp3) is 0.680. The minimum Gasteiger partial charge on any atom is -0.391 e. The fourth-order valence-electron chi connectivity index (χ4n) is 12.2. The number of aliphatic hydroxyl groups is 1. The van der Waals surface area contributed by atoms with E-state index in [9.17, 15) is 48.3 Å². The average Bonchev–Trinajstić information content (AvgIpc) is 0.834. The van der Waals surface area contributed by atoms with Crippen LogP contribution in [0, 0.1) is 41.4 Å². The summed E-state index contributed by atoms with van der Waals surface area (Å²) in [6, 6.07) is 5.02. The van der Waals surface area contributed by atoms with E-state index in [-0.39, 0.29) is 87.8 Å². The molecule has 1 fully saturated rings. The summed E-state index contributed by atoms with van der Waals surface area (Å²) < 4.78 is 6.17. The van der Waals surface area contributed by atoms with Crippen LogP contribution in [0.3, 0.4) is 0 Å². The molecule has 11 amide bonds. The number of hydrogen-bond donors (Lipinski definition) is 8. The highest BCUT2D eigenvalue weighted by molar-refractivity contribution is 5.99. The smallest absolute Gasteiger partial charge is 0.247 e. The number of nitrogens with zero attached hydrogens (tertiary/aromatic N) is 5. The van der Waals surface area contributed by atoms with Crippen LogP contribution < -0.4 is 37.2 Å². The van der Waals surface area contributed by atoms with Gasteiger partial charge >= 0.3 is 0 Å². The molecule has 14 atom stereocenters. The van der Waals surface area contributed by atoms with Crippen molar-refractivity contribution in [3.63, 3.8) is 0 Å².